The molecule has 1 saturated heterocycles. The third kappa shape index (κ3) is 3.12. The molecule has 4 rings (SSSR count). The minimum atomic E-state index is -0.263. The van der Waals surface area contributed by atoms with Gasteiger partial charge in [-0.05, 0) is 67.6 Å². The summed E-state index contributed by atoms with van der Waals surface area (Å²) >= 11 is 0. The Bertz CT molecular complexity index is 959. The van der Waals surface area contributed by atoms with Crippen molar-refractivity contribution in [1.82, 2.24) is 4.90 Å². The standard InChI is InChI=1S/C22H23NO2/c1-15-11-19-18(13-22(24)25-21(19)12-16(15)2)14-23-10-6-9-20(23)17-7-4-3-5-8-17/h3-5,7-8,11-13,20H,6,9-10,14H2,1-2H3. The molecule has 3 nitrogen and oxygen atoms in total. The molecule has 3 aromatic rings. The molecular weight excluding hydrogens is 310 g/mol. The van der Waals surface area contributed by atoms with Crippen LogP contribution < -0.4 is 5.63 Å². The van der Waals surface area contributed by atoms with Crippen molar-refractivity contribution >= 4 is 11.0 Å². The highest BCUT2D eigenvalue weighted by Gasteiger charge is 2.26. The van der Waals surface area contributed by atoms with Gasteiger partial charge in [0.1, 0.15) is 5.58 Å². The maximum absolute atomic E-state index is 12.0. The second-order valence-corrected chi connectivity index (χ2v) is 7.06. The third-order valence-corrected chi connectivity index (χ3v) is 5.37. The molecule has 3 heteroatoms. The van der Waals surface area contributed by atoms with Gasteiger partial charge in [0.15, 0.2) is 0 Å². The summed E-state index contributed by atoms with van der Waals surface area (Å²) in [5.74, 6) is 0. The van der Waals surface area contributed by atoms with Gasteiger partial charge >= 0.3 is 5.63 Å². The highest BCUT2D eigenvalue weighted by atomic mass is 16.4. The van der Waals surface area contributed by atoms with E-state index in [9.17, 15) is 4.79 Å². The normalized spacial score (nSPS) is 18.1. The fourth-order valence-electron chi connectivity index (χ4n) is 3.90. The van der Waals surface area contributed by atoms with Crippen LogP contribution in [-0.4, -0.2) is 11.4 Å². The first-order chi connectivity index (χ1) is 12.1. The molecule has 0 amide bonds. The van der Waals surface area contributed by atoms with Crippen LogP contribution in [0.25, 0.3) is 11.0 Å². The fraction of sp³-hybridized carbons (Fsp3) is 0.318. The second kappa shape index (κ2) is 6.49. The van der Waals surface area contributed by atoms with Crippen molar-refractivity contribution in [2.45, 2.75) is 39.3 Å². The highest BCUT2D eigenvalue weighted by Crippen LogP contribution is 2.34. The van der Waals surface area contributed by atoms with E-state index < -0.39 is 0 Å². The van der Waals surface area contributed by atoms with Crippen LogP contribution in [0.15, 0.2) is 57.7 Å². The summed E-state index contributed by atoms with van der Waals surface area (Å²) in [7, 11) is 0. The number of rotatable bonds is 3. The molecule has 1 atom stereocenters. The number of aryl methyl sites for hydroxylation is 2. The molecule has 1 aliphatic heterocycles. The predicted molar refractivity (Wildman–Crippen MR) is 101 cm³/mol. The van der Waals surface area contributed by atoms with Crippen LogP contribution in [-0.2, 0) is 6.54 Å². The first-order valence-corrected chi connectivity index (χ1v) is 8.95. The second-order valence-electron chi connectivity index (χ2n) is 7.06. The lowest BCUT2D eigenvalue weighted by atomic mass is 10.0. The van der Waals surface area contributed by atoms with Crippen LogP contribution in [0, 0.1) is 13.8 Å². The lowest BCUT2D eigenvalue weighted by Crippen LogP contribution is -2.23. The van der Waals surface area contributed by atoms with Crippen molar-refractivity contribution in [2.75, 3.05) is 6.54 Å². The molecule has 0 aliphatic carbocycles. The van der Waals surface area contributed by atoms with Crippen molar-refractivity contribution in [3.63, 3.8) is 0 Å². The molecule has 1 aliphatic rings. The van der Waals surface area contributed by atoms with Crippen LogP contribution in [0.4, 0.5) is 0 Å². The Kier molecular flexibility index (Phi) is 4.18. The first-order valence-electron chi connectivity index (χ1n) is 8.95. The van der Waals surface area contributed by atoms with E-state index in [2.05, 4.69) is 48.2 Å². The molecular formula is C22H23NO2. The van der Waals surface area contributed by atoms with Crippen molar-refractivity contribution in [1.29, 1.82) is 0 Å². The largest absolute Gasteiger partial charge is 0.423 e. The summed E-state index contributed by atoms with van der Waals surface area (Å²) in [6.07, 6.45) is 2.36. The molecule has 0 bridgehead atoms. The van der Waals surface area contributed by atoms with Gasteiger partial charge in [-0.15, -0.1) is 0 Å². The minimum absolute atomic E-state index is 0.263. The van der Waals surface area contributed by atoms with E-state index >= 15 is 0 Å². The molecule has 0 saturated carbocycles. The summed E-state index contributed by atoms with van der Waals surface area (Å²) in [6.45, 7) is 6.00. The number of hydrogen-bond donors (Lipinski definition) is 0. The molecule has 0 N–H and O–H groups in total. The number of benzene rings is 2. The Balaban J connectivity index is 1.73. The van der Waals surface area contributed by atoms with Crippen LogP contribution in [0.3, 0.4) is 0 Å². The molecule has 0 spiro atoms. The molecule has 2 aromatic carbocycles. The third-order valence-electron chi connectivity index (χ3n) is 5.37. The quantitative estimate of drug-likeness (QED) is 0.649. The van der Waals surface area contributed by atoms with E-state index in [4.69, 9.17) is 4.42 Å². The van der Waals surface area contributed by atoms with Gasteiger partial charge in [-0.1, -0.05) is 30.3 Å². The molecule has 128 valence electrons. The SMILES string of the molecule is Cc1cc2oc(=O)cc(CN3CCCC3c3ccccc3)c2cc1C. The van der Waals surface area contributed by atoms with E-state index in [1.54, 1.807) is 6.07 Å². The van der Waals surface area contributed by atoms with Crippen molar-refractivity contribution in [3.8, 4) is 0 Å². The molecule has 2 heterocycles. The van der Waals surface area contributed by atoms with E-state index in [-0.39, 0.29) is 5.63 Å². The van der Waals surface area contributed by atoms with Crippen LogP contribution in [0.5, 0.6) is 0 Å². The van der Waals surface area contributed by atoms with Gasteiger partial charge in [-0.25, -0.2) is 4.79 Å². The van der Waals surface area contributed by atoms with E-state index in [1.165, 1.54) is 24.0 Å². The Morgan fingerprint density at radius 2 is 1.84 bits per heavy atom. The molecule has 1 unspecified atom stereocenters. The number of fused-ring (bicyclic) bond motifs is 1. The zero-order valence-corrected chi connectivity index (χ0v) is 14.8. The molecule has 1 fully saturated rings. The average molecular weight is 333 g/mol. The van der Waals surface area contributed by atoms with E-state index in [0.717, 1.165) is 29.6 Å². The zero-order valence-electron chi connectivity index (χ0n) is 14.8. The van der Waals surface area contributed by atoms with Gasteiger partial charge < -0.3 is 4.42 Å². The van der Waals surface area contributed by atoms with Gasteiger partial charge in [-0.2, -0.15) is 0 Å². The number of hydrogen-bond acceptors (Lipinski definition) is 3. The topological polar surface area (TPSA) is 33.5 Å². The minimum Gasteiger partial charge on any atom is -0.423 e. The average Bonchev–Trinajstić information content (AvgIpc) is 3.05. The maximum atomic E-state index is 12.0. The summed E-state index contributed by atoms with van der Waals surface area (Å²) in [6, 6.07) is 16.9. The van der Waals surface area contributed by atoms with Gasteiger partial charge in [-0.3, -0.25) is 4.90 Å². The Hall–Kier alpha value is -2.39. The lowest BCUT2D eigenvalue weighted by molar-refractivity contribution is 0.249. The predicted octanol–water partition coefficient (Wildman–Crippen LogP) is 4.75. The highest BCUT2D eigenvalue weighted by molar-refractivity contribution is 5.81. The summed E-state index contributed by atoms with van der Waals surface area (Å²) in [5, 5.41) is 1.06. The Labute approximate surface area is 147 Å². The molecule has 1 aromatic heterocycles. The molecule has 25 heavy (non-hydrogen) atoms. The summed E-state index contributed by atoms with van der Waals surface area (Å²) < 4.78 is 5.44. The zero-order chi connectivity index (χ0) is 17.4. The van der Waals surface area contributed by atoms with Crippen LogP contribution >= 0.6 is 0 Å². The number of likely N-dealkylation sites (tertiary alicyclic amines) is 1. The fourth-order valence-corrected chi connectivity index (χ4v) is 3.90. The Morgan fingerprint density at radius 3 is 2.64 bits per heavy atom. The first kappa shape index (κ1) is 16.1. The van der Waals surface area contributed by atoms with Gasteiger partial charge in [0.05, 0.1) is 0 Å². The van der Waals surface area contributed by atoms with E-state index in [0.29, 0.717) is 11.6 Å². The van der Waals surface area contributed by atoms with Crippen LogP contribution in [0.2, 0.25) is 0 Å². The summed E-state index contributed by atoms with van der Waals surface area (Å²) in [4.78, 5) is 14.5. The summed E-state index contributed by atoms with van der Waals surface area (Å²) in [5.41, 5.74) is 5.23. The van der Waals surface area contributed by atoms with E-state index in [1.807, 2.05) is 13.0 Å². The van der Waals surface area contributed by atoms with Crippen molar-refractivity contribution in [2.24, 2.45) is 0 Å². The Morgan fingerprint density at radius 1 is 1.08 bits per heavy atom. The lowest BCUT2D eigenvalue weighted by Gasteiger charge is -2.25. The van der Waals surface area contributed by atoms with Crippen LogP contribution in [0.1, 0.15) is 41.1 Å². The van der Waals surface area contributed by atoms with Gasteiger partial charge in [0, 0.05) is 24.0 Å². The monoisotopic (exact) mass is 333 g/mol. The van der Waals surface area contributed by atoms with Gasteiger partial charge in [0.2, 0.25) is 0 Å². The maximum Gasteiger partial charge on any atom is 0.336 e. The van der Waals surface area contributed by atoms with Crippen molar-refractivity contribution in [3.05, 3.63) is 81.2 Å². The number of nitrogens with zero attached hydrogens (tertiary/aromatic N) is 1. The van der Waals surface area contributed by atoms with Gasteiger partial charge in [0.25, 0.3) is 0 Å². The smallest absolute Gasteiger partial charge is 0.336 e. The van der Waals surface area contributed by atoms with Crippen molar-refractivity contribution < 1.29 is 4.42 Å². The molecule has 0 radical (unpaired) electrons.